The fourth-order valence-electron chi connectivity index (χ4n) is 5.57. The summed E-state index contributed by atoms with van der Waals surface area (Å²) in [4.78, 5) is 21.6. The van der Waals surface area contributed by atoms with E-state index in [1.165, 1.54) is 11.3 Å². The number of carbonyl (C=O) groups is 1. The van der Waals surface area contributed by atoms with Crippen LogP contribution in [0.3, 0.4) is 0 Å². The lowest BCUT2D eigenvalue weighted by Gasteiger charge is -2.48. The fourth-order valence-corrected chi connectivity index (χ4v) is 6.17. The van der Waals surface area contributed by atoms with Crippen LogP contribution >= 0.6 is 11.3 Å². The molecule has 1 aliphatic carbocycles. The SMILES string of the molecule is Cc1ccccc1-c1ccc(/C=C/[C@@H]2[C@@H]3[C@@H](C)OC(=O)[C@]3(Nc3cncs3)CC(F)(F)[C@H]2C)nc1. The predicted octanol–water partition coefficient (Wildman–Crippen LogP) is 6.23. The summed E-state index contributed by atoms with van der Waals surface area (Å²) in [7, 11) is 0. The zero-order chi connectivity index (χ0) is 24.8. The number of hydrogen-bond acceptors (Lipinski definition) is 6. The first kappa shape index (κ1) is 23.6. The molecule has 1 N–H and O–H groups in total. The summed E-state index contributed by atoms with van der Waals surface area (Å²) in [6.07, 6.45) is 5.78. The van der Waals surface area contributed by atoms with Gasteiger partial charge in [-0.2, -0.15) is 0 Å². The number of halogens is 2. The third kappa shape index (κ3) is 4.14. The normalized spacial score (nSPS) is 29.7. The second-order valence-electron chi connectivity index (χ2n) is 9.55. The lowest BCUT2D eigenvalue weighted by atomic mass is 9.60. The van der Waals surface area contributed by atoms with E-state index in [0.717, 1.165) is 16.7 Å². The lowest BCUT2D eigenvalue weighted by molar-refractivity contribution is -0.153. The van der Waals surface area contributed by atoms with Crippen molar-refractivity contribution >= 4 is 28.4 Å². The van der Waals surface area contributed by atoms with E-state index in [1.54, 1.807) is 43.9 Å². The van der Waals surface area contributed by atoms with Crippen LogP contribution in [0, 0.1) is 24.7 Å². The Morgan fingerprint density at radius 1 is 1.17 bits per heavy atom. The van der Waals surface area contributed by atoms with E-state index < -0.39 is 47.7 Å². The van der Waals surface area contributed by atoms with E-state index in [1.807, 2.05) is 43.3 Å². The minimum atomic E-state index is -3.06. The molecule has 0 amide bonds. The topological polar surface area (TPSA) is 64.1 Å². The highest BCUT2D eigenvalue weighted by molar-refractivity contribution is 7.13. The van der Waals surface area contributed by atoms with Crippen molar-refractivity contribution in [3.05, 3.63) is 71.6 Å². The van der Waals surface area contributed by atoms with Crippen molar-refractivity contribution in [2.75, 3.05) is 5.32 Å². The van der Waals surface area contributed by atoms with E-state index in [-0.39, 0.29) is 0 Å². The van der Waals surface area contributed by atoms with Crippen LogP contribution in [0.25, 0.3) is 17.2 Å². The number of esters is 1. The number of allylic oxidation sites excluding steroid dienone is 1. The van der Waals surface area contributed by atoms with Gasteiger partial charge in [0, 0.05) is 30.0 Å². The summed E-state index contributed by atoms with van der Waals surface area (Å²) < 4.78 is 36.3. The molecule has 1 saturated carbocycles. The summed E-state index contributed by atoms with van der Waals surface area (Å²) in [6, 6.07) is 11.9. The smallest absolute Gasteiger partial charge is 0.332 e. The number of rotatable bonds is 5. The van der Waals surface area contributed by atoms with E-state index >= 15 is 8.78 Å². The van der Waals surface area contributed by atoms with Gasteiger partial charge in [0.2, 0.25) is 0 Å². The van der Waals surface area contributed by atoms with Gasteiger partial charge in [0.1, 0.15) is 16.6 Å². The van der Waals surface area contributed by atoms with Crippen LogP contribution in [0.5, 0.6) is 0 Å². The highest BCUT2D eigenvalue weighted by Crippen LogP contribution is 2.56. The molecule has 1 saturated heterocycles. The molecular formula is C27H27F2N3O2S. The number of carbonyl (C=O) groups excluding carboxylic acids is 1. The molecule has 1 aromatic carbocycles. The number of benzene rings is 1. The maximum absolute atomic E-state index is 15.4. The number of aromatic nitrogens is 2. The Bertz CT molecular complexity index is 1250. The van der Waals surface area contributed by atoms with Gasteiger partial charge in [-0.15, -0.1) is 11.3 Å². The molecule has 1 aliphatic heterocycles. The Labute approximate surface area is 207 Å². The summed E-state index contributed by atoms with van der Waals surface area (Å²) in [5.41, 5.74) is 4.01. The molecule has 0 unspecified atom stereocenters. The van der Waals surface area contributed by atoms with Gasteiger partial charge in [0.15, 0.2) is 0 Å². The largest absolute Gasteiger partial charge is 0.460 e. The van der Waals surface area contributed by atoms with Crippen LogP contribution in [0.4, 0.5) is 13.8 Å². The van der Waals surface area contributed by atoms with E-state index in [2.05, 4.69) is 15.3 Å². The summed E-state index contributed by atoms with van der Waals surface area (Å²) in [6.45, 7) is 5.38. The number of ether oxygens (including phenoxy) is 1. The number of nitrogens with zero attached hydrogens (tertiary/aromatic N) is 2. The van der Waals surface area contributed by atoms with Crippen LogP contribution in [0.1, 0.15) is 31.5 Å². The molecule has 8 heteroatoms. The Morgan fingerprint density at radius 2 is 1.97 bits per heavy atom. The van der Waals surface area contributed by atoms with Gasteiger partial charge in [-0.1, -0.05) is 43.3 Å². The van der Waals surface area contributed by atoms with Crippen molar-refractivity contribution in [3.8, 4) is 11.1 Å². The number of alkyl halides is 2. The number of anilines is 1. The zero-order valence-electron chi connectivity index (χ0n) is 19.7. The van der Waals surface area contributed by atoms with Gasteiger partial charge in [0.05, 0.1) is 17.4 Å². The first-order valence-corrected chi connectivity index (χ1v) is 12.5. The molecule has 2 fully saturated rings. The van der Waals surface area contributed by atoms with Crippen molar-refractivity contribution in [1.82, 2.24) is 9.97 Å². The number of aryl methyl sites for hydroxylation is 1. The molecule has 3 aromatic rings. The Morgan fingerprint density at radius 3 is 2.66 bits per heavy atom. The summed E-state index contributed by atoms with van der Waals surface area (Å²) in [5, 5.41) is 3.68. The average Bonchev–Trinajstić information content (AvgIpc) is 3.41. The van der Waals surface area contributed by atoms with Crippen molar-refractivity contribution in [2.45, 2.75) is 44.8 Å². The first-order chi connectivity index (χ1) is 16.7. The van der Waals surface area contributed by atoms with Crippen LogP contribution in [0.15, 0.2) is 60.4 Å². The molecule has 0 bridgehead atoms. The Kier molecular flexibility index (Phi) is 5.95. The van der Waals surface area contributed by atoms with Gasteiger partial charge in [-0.3, -0.25) is 9.97 Å². The second kappa shape index (κ2) is 8.82. The molecule has 0 spiro atoms. The average molecular weight is 496 g/mol. The maximum Gasteiger partial charge on any atom is 0.332 e. The maximum atomic E-state index is 15.4. The number of nitrogens with one attached hydrogen (secondary N) is 1. The summed E-state index contributed by atoms with van der Waals surface area (Å²) in [5.74, 6) is -5.72. The zero-order valence-corrected chi connectivity index (χ0v) is 20.6. The highest BCUT2D eigenvalue weighted by Gasteiger charge is 2.68. The van der Waals surface area contributed by atoms with Crippen LogP contribution in [-0.2, 0) is 9.53 Å². The molecule has 2 aromatic heterocycles. The third-order valence-electron chi connectivity index (χ3n) is 7.41. The standard InChI is InChI=1S/C27H27F2N3O2S/c1-16-6-4-5-7-21(16)19-8-9-20(31-12-19)10-11-22-17(2)27(28,29)14-26(32-23-13-30-15-35-23)24(22)18(3)34-25(26)33/h4-13,15,17-18,22,24,32H,14H2,1-3H3/b11-10+/t17-,18+,22-,24-,26-/m0/s1. The first-order valence-electron chi connectivity index (χ1n) is 11.7. The monoisotopic (exact) mass is 495 g/mol. The minimum Gasteiger partial charge on any atom is -0.460 e. The molecule has 5 nitrogen and oxygen atoms in total. The molecule has 35 heavy (non-hydrogen) atoms. The molecule has 3 heterocycles. The number of hydrogen-bond donors (Lipinski definition) is 1. The van der Waals surface area contributed by atoms with Gasteiger partial charge in [-0.25, -0.2) is 13.6 Å². The number of pyridine rings is 1. The molecule has 0 radical (unpaired) electrons. The second-order valence-corrected chi connectivity index (χ2v) is 10.4. The number of fused-ring (bicyclic) bond motifs is 1. The number of thiazole rings is 1. The van der Waals surface area contributed by atoms with Gasteiger partial charge < -0.3 is 10.1 Å². The molecule has 5 rings (SSSR count). The van der Waals surface area contributed by atoms with E-state index in [9.17, 15) is 4.79 Å². The van der Waals surface area contributed by atoms with Crippen LogP contribution < -0.4 is 5.32 Å². The molecule has 182 valence electrons. The minimum absolute atomic E-state index is 0.464. The van der Waals surface area contributed by atoms with Crippen molar-refractivity contribution in [1.29, 1.82) is 0 Å². The van der Waals surface area contributed by atoms with E-state index in [0.29, 0.717) is 10.7 Å². The summed E-state index contributed by atoms with van der Waals surface area (Å²) >= 11 is 1.27. The van der Waals surface area contributed by atoms with Crippen molar-refractivity contribution < 1.29 is 18.3 Å². The lowest BCUT2D eigenvalue weighted by Crippen LogP contribution is -2.61. The molecule has 2 aliphatic rings. The van der Waals surface area contributed by atoms with Crippen LogP contribution in [-0.4, -0.2) is 33.5 Å². The van der Waals surface area contributed by atoms with E-state index in [4.69, 9.17) is 4.74 Å². The Hall–Kier alpha value is -3.13. The van der Waals surface area contributed by atoms with Gasteiger partial charge >= 0.3 is 5.97 Å². The van der Waals surface area contributed by atoms with Gasteiger partial charge in [-0.05, 0) is 43.0 Å². The fraction of sp³-hybridized carbons (Fsp3) is 0.370. The Balaban J connectivity index is 1.47. The van der Waals surface area contributed by atoms with Crippen molar-refractivity contribution in [2.24, 2.45) is 17.8 Å². The number of cyclic esters (lactones) is 1. The quantitative estimate of drug-likeness (QED) is 0.425. The predicted molar refractivity (Wildman–Crippen MR) is 133 cm³/mol. The van der Waals surface area contributed by atoms with Crippen molar-refractivity contribution in [3.63, 3.8) is 0 Å². The third-order valence-corrected chi connectivity index (χ3v) is 8.10. The highest BCUT2D eigenvalue weighted by atomic mass is 32.1. The van der Waals surface area contributed by atoms with Gasteiger partial charge in [0.25, 0.3) is 5.92 Å². The molecular weight excluding hydrogens is 468 g/mol. The molecule has 5 atom stereocenters. The van der Waals surface area contributed by atoms with Crippen LogP contribution in [0.2, 0.25) is 0 Å².